The Kier molecular flexibility index (Phi) is 49.6. The van der Waals surface area contributed by atoms with Gasteiger partial charge in [-0.05, 0) is 64.2 Å². The van der Waals surface area contributed by atoms with Crippen molar-refractivity contribution in [3.05, 3.63) is 60.8 Å². The first-order chi connectivity index (χ1) is 31.5. The Balaban J connectivity index is 4.60. The smallest absolute Gasteiger partial charge is 0.306 e. The molecule has 6 nitrogen and oxygen atoms in total. The molecule has 3 atom stereocenters. The minimum absolute atomic E-state index is 0.0397. The minimum Gasteiger partial charge on any atom is -0.462 e. The third-order valence-electron chi connectivity index (χ3n) is 12.4. The van der Waals surface area contributed by atoms with Crippen LogP contribution in [0.1, 0.15) is 271 Å². The van der Waals surface area contributed by atoms with E-state index < -0.39 is 18.2 Å². The van der Waals surface area contributed by atoms with Crippen LogP contribution in [0.2, 0.25) is 0 Å². The van der Waals surface area contributed by atoms with E-state index in [4.69, 9.17) is 4.74 Å². The maximum atomic E-state index is 13.2. The number of allylic oxidation sites excluding steroid dienone is 10. The molecule has 0 saturated heterocycles. The topological polar surface area (TPSA) is 95.9 Å². The summed E-state index contributed by atoms with van der Waals surface area (Å²) in [6, 6.07) is -0.720. The van der Waals surface area contributed by atoms with Gasteiger partial charge in [0.1, 0.15) is 6.10 Å². The van der Waals surface area contributed by atoms with Crippen molar-refractivity contribution in [3.63, 3.8) is 0 Å². The van der Waals surface area contributed by atoms with Gasteiger partial charge in [-0.25, -0.2) is 0 Å². The summed E-state index contributed by atoms with van der Waals surface area (Å²) in [5.74, 6) is -0.524. The summed E-state index contributed by atoms with van der Waals surface area (Å²) in [7, 11) is 0. The van der Waals surface area contributed by atoms with Crippen LogP contribution < -0.4 is 5.32 Å². The number of carbonyl (C=O) groups excluding carboxylic acids is 2. The van der Waals surface area contributed by atoms with E-state index in [0.29, 0.717) is 19.3 Å². The summed E-state index contributed by atoms with van der Waals surface area (Å²) >= 11 is 0. The lowest BCUT2D eigenvalue weighted by Crippen LogP contribution is -2.46. The van der Waals surface area contributed by atoms with Gasteiger partial charge >= 0.3 is 5.97 Å². The number of amides is 1. The molecule has 0 aromatic rings. The molecule has 0 spiro atoms. The molecule has 0 bridgehead atoms. The number of nitrogens with one attached hydrogen (secondary N) is 1. The monoisotopic (exact) mass is 896 g/mol. The summed E-state index contributed by atoms with van der Waals surface area (Å²) < 4.78 is 5.91. The van der Waals surface area contributed by atoms with Crippen LogP contribution >= 0.6 is 0 Å². The average Bonchev–Trinajstić information content (AvgIpc) is 3.29. The number of esters is 1. The Hall–Kier alpha value is -2.44. The zero-order chi connectivity index (χ0) is 46.7. The molecule has 0 aliphatic rings. The van der Waals surface area contributed by atoms with E-state index in [1.54, 1.807) is 0 Å². The minimum atomic E-state index is -0.803. The summed E-state index contributed by atoms with van der Waals surface area (Å²) in [5.41, 5.74) is 0. The van der Waals surface area contributed by atoms with Crippen LogP contribution in [0.3, 0.4) is 0 Å². The number of hydrogen-bond donors (Lipinski definition) is 3. The molecule has 0 rings (SSSR count). The van der Waals surface area contributed by atoms with E-state index in [9.17, 15) is 19.8 Å². The van der Waals surface area contributed by atoms with Gasteiger partial charge in [0.2, 0.25) is 5.91 Å². The third kappa shape index (κ3) is 46.1. The van der Waals surface area contributed by atoms with Crippen molar-refractivity contribution in [2.75, 3.05) is 6.61 Å². The van der Waals surface area contributed by atoms with Crippen LogP contribution in [0, 0.1) is 0 Å². The lowest BCUT2D eigenvalue weighted by molar-refractivity contribution is -0.151. The zero-order valence-corrected chi connectivity index (χ0v) is 42.4. The van der Waals surface area contributed by atoms with E-state index >= 15 is 0 Å². The first kappa shape index (κ1) is 61.6. The second-order valence-corrected chi connectivity index (χ2v) is 18.6. The summed E-state index contributed by atoms with van der Waals surface area (Å²) in [6.07, 6.45) is 64.3. The van der Waals surface area contributed by atoms with Gasteiger partial charge in [0, 0.05) is 6.42 Å². The predicted octanol–water partition coefficient (Wildman–Crippen LogP) is 16.8. The molecule has 3 unspecified atom stereocenters. The Morgan fingerprint density at radius 3 is 1.25 bits per heavy atom. The largest absolute Gasteiger partial charge is 0.462 e. The van der Waals surface area contributed by atoms with Crippen molar-refractivity contribution in [3.8, 4) is 0 Å². The molecule has 0 saturated carbocycles. The van der Waals surface area contributed by atoms with Crippen molar-refractivity contribution >= 4 is 11.9 Å². The van der Waals surface area contributed by atoms with Crippen molar-refractivity contribution in [1.82, 2.24) is 5.32 Å². The highest BCUT2D eigenvalue weighted by atomic mass is 16.5. The predicted molar refractivity (Wildman–Crippen MR) is 278 cm³/mol. The molecule has 0 aromatic heterocycles. The van der Waals surface area contributed by atoms with Gasteiger partial charge < -0.3 is 20.3 Å². The van der Waals surface area contributed by atoms with Crippen molar-refractivity contribution in [2.24, 2.45) is 0 Å². The van der Waals surface area contributed by atoms with E-state index in [1.165, 1.54) is 141 Å². The number of aliphatic hydroxyl groups excluding tert-OH is 2. The highest BCUT2D eigenvalue weighted by Gasteiger charge is 2.24. The van der Waals surface area contributed by atoms with Gasteiger partial charge in [-0.2, -0.15) is 0 Å². The summed E-state index contributed by atoms with van der Waals surface area (Å²) in [6.45, 7) is 6.37. The number of aliphatic hydroxyl groups is 2. The van der Waals surface area contributed by atoms with Crippen molar-refractivity contribution in [1.29, 1.82) is 0 Å². The van der Waals surface area contributed by atoms with E-state index in [1.807, 2.05) is 0 Å². The fourth-order valence-electron chi connectivity index (χ4n) is 8.23. The van der Waals surface area contributed by atoms with Crippen LogP contribution in [0.25, 0.3) is 0 Å². The third-order valence-corrected chi connectivity index (χ3v) is 12.4. The molecule has 64 heavy (non-hydrogen) atoms. The average molecular weight is 896 g/mol. The molecule has 0 aliphatic carbocycles. The first-order valence-corrected chi connectivity index (χ1v) is 27.5. The first-order valence-electron chi connectivity index (χ1n) is 27.5. The van der Waals surface area contributed by atoms with Gasteiger partial charge in [0.15, 0.2) is 0 Å². The lowest BCUT2D eigenvalue weighted by Gasteiger charge is -2.24. The van der Waals surface area contributed by atoms with Gasteiger partial charge in [-0.1, -0.05) is 255 Å². The number of carbonyl (C=O) groups is 2. The molecular formula is C58H105NO5. The number of rotatable bonds is 49. The number of ether oxygens (including phenoxy) is 1. The summed E-state index contributed by atoms with van der Waals surface area (Å²) in [5, 5.41) is 23.8. The fourth-order valence-corrected chi connectivity index (χ4v) is 8.23. The molecule has 0 heterocycles. The van der Waals surface area contributed by atoms with E-state index in [-0.39, 0.29) is 24.9 Å². The second kappa shape index (κ2) is 51.5. The Morgan fingerprint density at radius 1 is 0.469 bits per heavy atom. The molecule has 1 amide bonds. The highest BCUT2D eigenvalue weighted by molar-refractivity contribution is 5.77. The van der Waals surface area contributed by atoms with Crippen LogP contribution in [0.5, 0.6) is 0 Å². The Bertz CT molecular complexity index is 1140. The van der Waals surface area contributed by atoms with Crippen molar-refractivity contribution in [2.45, 2.75) is 289 Å². The van der Waals surface area contributed by atoms with Gasteiger partial charge in [0.25, 0.3) is 0 Å². The van der Waals surface area contributed by atoms with Crippen LogP contribution in [0.15, 0.2) is 60.8 Å². The quantitative estimate of drug-likeness (QED) is 0.0321. The highest BCUT2D eigenvalue weighted by Crippen LogP contribution is 2.18. The SMILES string of the molecule is CC/C=C\C/C=C\C/C=C\C/C=C\C/C=C\CCCC(CC(=O)NC(CO)C(O)CCCCCCCCCCCCCCCCCCC)OC(=O)CCCCCCCCCCCCC. The lowest BCUT2D eigenvalue weighted by atomic mass is 10.0. The normalized spacial score (nSPS) is 13.6. The molecule has 0 aliphatic heterocycles. The second-order valence-electron chi connectivity index (χ2n) is 18.6. The molecule has 0 radical (unpaired) electrons. The van der Waals surface area contributed by atoms with Crippen LogP contribution in [-0.4, -0.2) is 46.9 Å². The van der Waals surface area contributed by atoms with Gasteiger partial charge in [0.05, 0.1) is 25.2 Å². The molecule has 6 heteroatoms. The van der Waals surface area contributed by atoms with E-state index in [2.05, 4.69) is 86.8 Å². The molecule has 0 aromatic carbocycles. The number of unbranched alkanes of at least 4 members (excludes halogenated alkanes) is 27. The number of hydrogen-bond acceptors (Lipinski definition) is 5. The Labute approximate surface area is 397 Å². The van der Waals surface area contributed by atoms with Gasteiger partial charge in [-0.3, -0.25) is 9.59 Å². The standard InChI is InChI=1S/C58H105NO5/c1-4-7-10-13-16-19-22-24-26-28-30-32-35-37-40-43-46-49-54(64-58(63)51-48-45-42-39-34-21-18-15-12-9-6-3)52-57(62)59-55(53-60)56(61)50-47-44-41-38-36-33-31-29-27-25-23-20-17-14-11-8-5-2/h7,10,16,19,24,26,30,32,37,40,54-56,60-61H,4-6,8-9,11-15,17-18,20-23,25,27-29,31,33-36,38-39,41-53H2,1-3H3,(H,59,62)/b10-7-,19-16-,26-24-,32-30-,40-37-. The Morgan fingerprint density at radius 2 is 0.844 bits per heavy atom. The molecule has 3 N–H and O–H groups in total. The summed E-state index contributed by atoms with van der Waals surface area (Å²) in [4.78, 5) is 26.2. The zero-order valence-electron chi connectivity index (χ0n) is 42.4. The van der Waals surface area contributed by atoms with E-state index in [0.717, 1.165) is 83.5 Å². The van der Waals surface area contributed by atoms with Gasteiger partial charge in [-0.15, -0.1) is 0 Å². The molecule has 0 fully saturated rings. The fraction of sp³-hybridized carbons (Fsp3) is 0.793. The van der Waals surface area contributed by atoms with Crippen molar-refractivity contribution < 1.29 is 24.5 Å². The maximum absolute atomic E-state index is 13.2. The maximum Gasteiger partial charge on any atom is 0.306 e. The molecular weight excluding hydrogens is 791 g/mol. The van der Waals surface area contributed by atoms with Crippen LogP contribution in [0.4, 0.5) is 0 Å². The van der Waals surface area contributed by atoms with Crippen LogP contribution in [-0.2, 0) is 14.3 Å². The molecule has 372 valence electrons.